The maximum absolute atomic E-state index is 12.0. The molecule has 0 aliphatic heterocycles. The number of carbonyl (C=O) groups is 1. The highest BCUT2D eigenvalue weighted by atomic mass is 16.3. The molecule has 0 amide bonds. The van der Waals surface area contributed by atoms with Gasteiger partial charge in [-0.25, -0.2) is 0 Å². The molecule has 0 aliphatic rings. The van der Waals surface area contributed by atoms with Crippen LogP contribution in [0.5, 0.6) is 0 Å². The fourth-order valence-electron chi connectivity index (χ4n) is 1.63. The van der Waals surface area contributed by atoms with E-state index < -0.39 is 6.10 Å². The molecule has 0 radical (unpaired) electrons. The van der Waals surface area contributed by atoms with Crippen LogP contribution in [0.4, 0.5) is 11.4 Å². The Labute approximate surface area is 105 Å². The van der Waals surface area contributed by atoms with Crippen LogP contribution >= 0.6 is 0 Å². The highest BCUT2D eigenvalue weighted by Gasteiger charge is 2.18. The van der Waals surface area contributed by atoms with Gasteiger partial charge in [-0.3, -0.25) is 4.79 Å². The number of hydrogen-bond acceptors (Lipinski definition) is 4. The number of nitrogen functional groups attached to an aromatic ring is 2. The van der Waals surface area contributed by atoms with Gasteiger partial charge in [0.1, 0.15) is 6.10 Å². The van der Waals surface area contributed by atoms with Crippen LogP contribution in [-0.2, 0) is 0 Å². The van der Waals surface area contributed by atoms with E-state index in [9.17, 15) is 9.90 Å². The summed E-state index contributed by atoms with van der Waals surface area (Å²) in [7, 11) is 0. The molecule has 0 heterocycles. The van der Waals surface area contributed by atoms with Crippen LogP contribution in [0.15, 0.2) is 48.5 Å². The first kappa shape index (κ1) is 12.1. The minimum atomic E-state index is -1.19. The van der Waals surface area contributed by atoms with Crippen LogP contribution in [0.25, 0.3) is 0 Å². The van der Waals surface area contributed by atoms with Gasteiger partial charge in [0, 0.05) is 16.9 Å². The molecule has 0 aliphatic carbocycles. The van der Waals surface area contributed by atoms with E-state index in [1.165, 1.54) is 0 Å². The summed E-state index contributed by atoms with van der Waals surface area (Å²) in [5, 5.41) is 9.98. The quantitative estimate of drug-likeness (QED) is 0.565. The lowest BCUT2D eigenvalue weighted by Crippen LogP contribution is -2.12. The SMILES string of the molecule is Nc1ccc(C(=O)[C@@H](O)c2ccc(N)cc2)cc1. The van der Waals surface area contributed by atoms with Gasteiger partial charge in [-0.2, -0.15) is 0 Å². The highest BCUT2D eigenvalue weighted by molar-refractivity contribution is 6.00. The van der Waals surface area contributed by atoms with Gasteiger partial charge in [0.05, 0.1) is 0 Å². The summed E-state index contributed by atoms with van der Waals surface area (Å²) in [6.07, 6.45) is -1.19. The molecule has 0 saturated heterocycles. The van der Waals surface area contributed by atoms with E-state index in [1.807, 2.05) is 0 Å². The van der Waals surface area contributed by atoms with Crippen LogP contribution in [0.1, 0.15) is 22.0 Å². The van der Waals surface area contributed by atoms with Crippen molar-refractivity contribution < 1.29 is 9.90 Å². The van der Waals surface area contributed by atoms with Gasteiger partial charge in [-0.05, 0) is 42.0 Å². The Morgan fingerprint density at radius 2 is 1.33 bits per heavy atom. The molecular formula is C14H14N2O2. The Balaban J connectivity index is 2.23. The third kappa shape index (κ3) is 2.49. The lowest BCUT2D eigenvalue weighted by Gasteiger charge is -2.10. The molecule has 5 N–H and O–H groups in total. The standard InChI is InChI=1S/C14H14N2O2/c15-11-5-1-9(2-6-11)13(17)14(18)10-3-7-12(16)8-4-10/h1-8,13,17H,15-16H2/t13-/m0/s1. The van der Waals surface area contributed by atoms with Crippen molar-refractivity contribution in [3.63, 3.8) is 0 Å². The largest absolute Gasteiger partial charge is 0.399 e. The number of nitrogens with two attached hydrogens (primary N) is 2. The number of aliphatic hydroxyl groups excluding tert-OH is 1. The first-order valence-electron chi connectivity index (χ1n) is 5.51. The second-order valence-electron chi connectivity index (χ2n) is 4.06. The van der Waals surface area contributed by atoms with Gasteiger partial charge in [-0.15, -0.1) is 0 Å². The average Bonchev–Trinajstić information content (AvgIpc) is 2.39. The number of ketones is 1. The topological polar surface area (TPSA) is 89.3 Å². The summed E-state index contributed by atoms with van der Waals surface area (Å²) in [5.74, 6) is -0.361. The maximum atomic E-state index is 12.0. The summed E-state index contributed by atoms with van der Waals surface area (Å²) in [6, 6.07) is 13.0. The Morgan fingerprint density at radius 1 is 0.889 bits per heavy atom. The van der Waals surface area contributed by atoms with Gasteiger partial charge in [-0.1, -0.05) is 12.1 Å². The first-order chi connectivity index (χ1) is 8.58. The summed E-state index contributed by atoms with van der Waals surface area (Å²) in [4.78, 5) is 12.0. The first-order valence-corrected chi connectivity index (χ1v) is 5.51. The van der Waals surface area contributed by atoms with Crippen molar-refractivity contribution in [3.05, 3.63) is 59.7 Å². The molecule has 92 valence electrons. The van der Waals surface area contributed by atoms with Crippen molar-refractivity contribution in [2.75, 3.05) is 11.5 Å². The van der Waals surface area contributed by atoms with Gasteiger partial charge in [0.2, 0.25) is 0 Å². The molecule has 2 aromatic carbocycles. The minimum absolute atomic E-state index is 0.361. The lowest BCUT2D eigenvalue weighted by molar-refractivity contribution is 0.0747. The molecule has 0 spiro atoms. The van der Waals surface area contributed by atoms with Crippen molar-refractivity contribution in [1.29, 1.82) is 0 Å². The predicted molar refractivity (Wildman–Crippen MR) is 71.0 cm³/mol. The van der Waals surface area contributed by atoms with Crippen molar-refractivity contribution in [2.24, 2.45) is 0 Å². The summed E-state index contributed by atoms with van der Waals surface area (Å²) in [6.45, 7) is 0. The number of anilines is 2. The van der Waals surface area contributed by atoms with E-state index in [4.69, 9.17) is 11.5 Å². The molecule has 4 heteroatoms. The molecule has 0 bridgehead atoms. The summed E-state index contributed by atoms with van der Waals surface area (Å²) < 4.78 is 0. The molecule has 1 atom stereocenters. The summed E-state index contributed by atoms with van der Waals surface area (Å²) >= 11 is 0. The molecule has 4 nitrogen and oxygen atoms in total. The fourth-order valence-corrected chi connectivity index (χ4v) is 1.63. The molecule has 0 unspecified atom stereocenters. The normalized spacial score (nSPS) is 12.1. The lowest BCUT2D eigenvalue weighted by atomic mass is 10.00. The number of hydrogen-bond donors (Lipinski definition) is 3. The Bertz CT molecular complexity index is 547. The van der Waals surface area contributed by atoms with Crippen LogP contribution in [0.2, 0.25) is 0 Å². The van der Waals surface area contributed by atoms with E-state index in [2.05, 4.69) is 0 Å². The zero-order valence-electron chi connectivity index (χ0n) is 9.71. The molecule has 0 fully saturated rings. The van der Waals surface area contributed by atoms with Crippen molar-refractivity contribution >= 4 is 17.2 Å². The molecule has 0 aromatic heterocycles. The van der Waals surface area contributed by atoms with E-state index >= 15 is 0 Å². The number of carbonyl (C=O) groups excluding carboxylic acids is 1. The van der Waals surface area contributed by atoms with Crippen LogP contribution < -0.4 is 11.5 Å². The van der Waals surface area contributed by atoms with Gasteiger partial charge in [0.15, 0.2) is 5.78 Å². The van der Waals surface area contributed by atoms with Gasteiger partial charge < -0.3 is 16.6 Å². The molecular weight excluding hydrogens is 228 g/mol. The zero-order chi connectivity index (χ0) is 13.1. The van der Waals surface area contributed by atoms with Crippen molar-refractivity contribution in [1.82, 2.24) is 0 Å². The van der Waals surface area contributed by atoms with Crippen molar-refractivity contribution in [3.8, 4) is 0 Å². The second kappa shape index (κ2) is 4.89. The second-order valence-corrected chi connectivity index (χ2v) is 4.06. The summed E-state index contributed by atoms with van der Waals surface area (Å²) in [5.41, 5.74) is 13.2. The molecule has 2 aromatic rings. The Morgan fingerprint density at radius 3 is 1.83 bits per heavy atom. The Hall–Kier alpha value is -2.33. The number of rotatable bonds is 3. The van der Waals surface area contributed by atoms with E-state index in [1.54, 1.807) is 48.5 Å². The maximum Gasteiger partial charge on any atom is 0.195 e. The smallest absolute Gasteiger partial charge is 0.195 e. The molecule has 2 rings (SSSR count). The average molecular weight is 242 g/mol. The Kier molecular flexibility index (Phi) is 3.30. The fraction of sp³-hybridized carbons (Fsp3) is 0.0714. The predicted octanol–water partition coefficient (Wildman–Crippen LogP) is 1.77. The number of benzene rings is 2. The third-order valence-corrected chi connectivity index (χ3v) is 2.70. The van der Waals surface area contributed by atoms with Crippen LogP contribution in [0.3, 0.4) is 0 Å². The van der Waals surface area contributed by atoms with Crippen molar-refractivity contribution in [2.45, 2.75) is 6.10 Å². The van der Waals surface area contributed by atoms with E-state index in [0.717, 1.165) is 0 Å². The molecule has 0 saturated carbocycles. The van der Waals surface area contributed by atoms with Crippen LogP contribution in [0, 0.1) is 0 Å². The highest BCUT2D eigenvalue weighted by Crippen LogP contribution is 2.20. The number of Topliss-reactive ketones (excluding diaryl/α,β-unsaturated/α-hetero) is 1. The van der Waals surface area contributed by atoms with Gasteiger partial charge in [0.25, 0.3) is 0 Å². The zero-order valence-corrected chi connectivity index (χ0v) is 9.71. The molecule has 18 heavy (non-hydrogen) atoms. The number of aliphatic hydroxyl groups is 1. The minimum Gasteiger partial charge on any atom is -0.399 e. The third-order valence-electron chi connectivity index (χ3n) is 2.70. The van der Waals surface area contributed by atoms with E-state index in [0.29, 0.717) is 22.5 Å². The monoisotopic (exact) mass is 242 g/mol. The van der Waals surface area contributed by atoms with E-state index in [-0.39, 0.29) is 5.78 Å². The van der Waals surface area contributed by atoms with Gasteiger partial charge >= 0.3 is 0 Å². The van der Waals surface area contributed by atoms with Crippen LogP contribution in [-0.4, -0.2) is 10.9 Å².